The van der Waals surface area contributed by atoms with Crippen molar-refractivity contribution >= 4 is 55.7 Å². The third kappa shape index (κ3) is 3.76. The summed E-state index contributed by atoms with van der Waals surface area (Å²) in [5, 5.41) is 7.77. The lowest BCUT2D eigenvalue weighted by molar-refractivity contribution is 0.103. The molecule has 4 N–H and O–H groups in total. The van der Waals surface area contributed by atoms with Gasteiger partial charge < -0.3 is 16.4 Å². The van der Waals surface area contributed by atoms with Crippen LogP contribution in [0.15, 0.2) is 67.0 Å². The lowest BCUT2D eigenvalue weighted by Crippen LogP contribution is -2.11. The van der Waals surface area contributed by atoms with E-state index in [1.807, 2.05) is 60.1 Å². The van der Waals surface area contributed by atoms with Gasteiger partial charge in [0.05, 0.1) is 43.7 Å². The highest BCUT2D eigenvalue weighted by Gasteiger charge is 2.16. The smallest absolute Gasteiger partial charge is 0.265 e. The molecule has 1 aromatic carbocycles. The van der Waals surface area contributed by atoms with Crippen LogP contribution in [0.25, 0.3) is 16.2 Å². The number of thiazole rings is 1. The van der Waals surface area contributed by atoms with Crippen LogP contribution in [0.4, 0.5) is 21.5 Å². The van der Waals surface area contributed by atoms with Gasteiger partial charge in [0.15, 0.2) is 5.13 Å². The maximum Gasteiger partial charge on any atom is 0.265 e. The van der Waals surface area contributed by atoms with E-state index >= 15 is 0 Å². The standard InChI is InChI=1S/C22H18N6OS2/c1-13-20(16-12-24-18-8-4-5-11-28(16)18)31-22(25-13)27-19-10-9-17(30-19)21(29)26-15-7-3-2-6-14(15)23/h2-12H,23H2,1H3,(H,25,27)(H,26,29). The largest absolute Gasteiger partial charge is 0.397 e. The number of aryl methyl sites for hydroxylation is 1. The number of hydrogen-bond acceptors (Lipinski definition) is 7. The number of nitrogens with zero attached hydrogens (tertiary/aromatic N) is 3. The normalized spacial score (nSPS) is 11.0. The molecular formula is C22H18N6OS2. The van der Waals surface area contributed by atoms with Gasteiger partial charge in [-0.25, -0.2) is 9.97 Å². The molecule has 0 aliphatic rings. The van der Waals surface area contributed by atoms with Crippen LogP contribution in [0.5, 0.6) is 0 Å². The first-order chi connectivity index (χ1) is 15.1. The van der Waals surface area contributed by atoms with Gasteiger partial charge in [-0.3, -0.25) is 9.20 Å². The van der Waals surface area contributed by atoms with E-state index in [4.69, 9.17) is 5.73 Å². The Morgan fingerprint density at radius 1 is 1.06 bits per heavy atom. The zero-order chi connectivity index (χ0) is 21.4. The van der Waals surface area contributed by atoms with E-state index < -0.39 is 0 Å². The summed E-state index contributed by atoms with van der Waals surface area (Å²) >= 11 is 2.92. The van der Waals surface area contributed by atoms with Crippen LogP contribution in [-0.2, 0) is 0 Å². The average Bonchev–Trinajstić information content (AvgIpc) is 3.48. The van der Waals surface area contributed by atoms with Crippen LogP contribution in [0.1, 0.15) is 15.4 Å². The van der Waals surface area contributed by atoms with Crippen molar-refractivity contribution in [1.82, 2.24) is 14.4 Å². The molecule has 0 unspecified atom stereocenters. The minimum atomic E-state index is -0.197. The van der Waals surface area contributed by atoms with Gasteiger partial charge in [0, 0.05) is 6.20 Å². The Balaban J connectivity index is 1.35. The van der Waals surface area contributed by atoms with E-state index in [1.54, 1.807) is 29.5 Å². The van der Waals surface area contributed by atoms with Crippen LogP contribution in [0.2, 0.25) is 0 Å². The van der Waals surface area contributed by atoms with Crippen molar-refractivity contribution < 1.29 is 4.79 Å². The Morgan fingerprint density at radius 2 is 1.90 bits per heavy atom. The summed E-state index contributed by atoms with van der Waals surface area (Å²) in [4.78, 5) is 23.3. The first kappa shape index (κ1) is 19.3. The molecule has 4 aromatic heterocycles. The highest BCUT2D eigenvalue weighted by molar-refractivity contribution is 7.20. The molecule has 5 aromatic rings. The number of hydrogen-bond donors (Lipinski definition) is 3. The average molecular weight is 447 g/mol. The lowest BCUT2D eigenvalue weighted by Gasteiger charge is -2.06. The van der Waals surface area contributed by atoms with E-state index in [0.29, 0.717) is 16.3 Å². The molecule has 0 fully saturated rings. The number of pyridine rings is 1. The second-order valence-electron chi connectivity index (χ2n) is 6.84. The Kier molecular flexibility index (Phi) is 4.89. The molecule has 0 aliphatic carbocycles. The molecule has 1 amide bonds. The molecule has 0 atom stereocenters. The van der Waals surface area contributed by atoms with Crippen molar-refractivity contribution in [3.05, 3.63) is 77.6 Å². The van der Waals surface area contributed by atoms with Gasteiger partial charge >= 0.3 is 0 Å². The predicted molar refractivity (Wildman–Crippen MR) is 127 cm³/mol. The number of carbonyl (C=O) groups excluding carboxylic acids is 1. The van der Waals surface area contributed by atoms with Crippen molar-refractivity contribution in [2.24, 2.45) is 0 Å². The topological polar surface area (TPSA) is 97.3 Å². The number of nitrogens with one attached hydrogen (secondary N) is 2. The Hall–Kier alpha value is -3.69. The summed E-state index contributed by atoms with van der Waals surface area (Å²) in [5.41, 5.74) is 9.87. The van der Waals surface area contributed by atoms with Gasteiger partial charge in [-0.05, 0) is 43.3 Å². The predicted octanol–water partition coefficient (Wildman–Crippen LogP) is 5.41. The second-order valence-corrected chi connectivity index (χ2v) is 8.92. The van der Waals surface area contributed by atoms with E-state index in [-0.39, 0.29) is 5.91 Å². The summed E-state index contributed by atoms with van der Waals surface area (Å²) in [6, 6.07) is 16.8. The summed E-state index contributed by atoms with van der Waals surface area (Å²) in [7, 11) is 0. The van der Waals surface area contributed by atoms with E-state index in [0.717, 1.165) is 32.0 Å². The summed E-state index contributed by atoms with van der Waals surface area (Å²) in [5.74, 6) is -0.197. The quantitative estimate of drug-likeness (QED) is 0.314. The zero-order valence-corrected chi connectivity index (χ0v) is 18.1. The number of rotatable bonds is 5. The summed E-state index contributed by atoms with van der Waals surface area (Å²) in [6.07, 6.45) is 3.86. The fourth-order valence-electron chi connectivity index (χ4n) is 3.22. The molecular weight excluding hydrogens is 428 g/mol. The van der Waals surface area contributed by atoms with E-state index in [9.17, 15) is 4.79 Å². The Morgan fingerprint density at radius 3 is 2.77 bits per heavy atom. The van der Waals surface area contributed by atoms with Crippen molar-refractivity contribution in [2.45, 2.75) is 6.92 Å². The molecule has 0 radical (unpaired) electrons. The molecule has 0 bridgehead atoms. The first-order valence-corrected chi connectivity index (χ1v) is 11.1. The minimum absolute atomic E-state index is 0.197. The van der Waals surface area contributed by atoms with Crippen LogP contribution in [0, 0.1) is 6.92 Å². The maximum atomic E-state index is 12.6. The van der Waals surface area contributed by atoms with Crippen molar-refractivity contribution in [1.29, 1.82) is 0 Å². The fourth-order valence-corrected chi connectivity index (χ4v) is 5.07. The number of aromatic nitrogens is 3. The van der Waals surface area contributed by atoms with Gasteiger partial charge in [0.25, 0.3) is 5.91 Å². The molecule has 0 spiro atoms. The first-order valence-electron chi connectivity index (χ1n) is 9.51. The third-order valence-corrected chi connectivity index (χ3v) is 6.81. The Bertz CT molecular complexity index is 1400. The number of benzene rings is 1. The molecule has 9 heteroatoms. The van der Waals surface area contributed by atoms with E-state index in [1.165, 1.54) is 11.3 Å². The van der Waals surface area contributed by atoms with Crippen molar-refractivity contribution in [3.63, 3.8) is 0 Å². The fraction of sp³-hybridized carbons (Fsp3) is 0.0455. The van der Waals surface area contributed by atoms with Crippen molar-refractivity contribution in [3.8, 4) is 10.6 Å². The molecule has 0 aliphatic heterocycles. The van der Waals surface area contributed by atoms with Gasteiger partial charge in [0.2, 0.25) is 0 Å². The van der Waals surface area contributed by atoms with Gasteiger partial charge in [-0.2, -0.15) is 0 Å². The summed E-state index contributed by atoms with van der Waals surface area (Å²) in [6.45, 7) is 1.98. The number of imidazole rings is 1. The minimum Gasteiger partial charge on any atom is -0.397 e. The number of amides is 1. The highest BCUT2D eigenvalue weighted by atomic mass is 32.1. The molecule has 31 heavy (non-hydrogen) atoms. The zero-order valence-electron chi connectivity index (χ0n) is 16.5. The third-order valence-electron chi connectivity index (χ3n) is 4.72. The van der Waals surface area contributed by atoms with Crippen LogP contribution in [0.3, 0.4) is 0 Å². The molecule has 0 saturated carbocycles. The van der Waals surface area contributed by atoms with Gasteiger partial charge in [0.1, 0.15) is 5.65 Å². The molecule has 0 saturated heterocycles. The lowest BCUT2D eigenvalue weighted by atomic mass is 10.2. The maximum absolute atomic E-state index is 12.6. The van der Waals surface area contributed by atoms with Gasteiger partial charge in [-0.1, -0.05) is 29.5 Å². The SMILES string of the molecule is Cc1nc(Nc2ccc(C(=O)Nc3ccccc3N)s2)sc1-c1cnc2ccccn12. The van der Waals surface area contributed by atoms with E-state index in [2.05, 4.69) is 20.6 Å². The Labute approximate surface area is 186 Å². The van der Waals surface area contributed by atoms with Crippen LogP contribution in [-0.4, -0.2) is 20.3 Å². The molecule has 4 heterocycles. The number of nitrogen functional groups attached to an aromatic ring is 1. The second kappa shape index (κ2) is 7.86. The van der Waals surface area contributed by atoms with Crippen molar-refractivity contribution in [2.75, 3.05) is 16.4 Å². The number of carbonyl (C=O) groups is 1. The number of anilines is 4. The van der Waals surface area contributed by atoms with Crippen LogP contribution < -0.4 is 16.4 Å². The number of fused-ring (bicyclic) bond motifs is 1. The molecule has 7 nitrogen and oxygen atoms in total. The van der Waals surface area contributed by atoms with Crippen LogP contribution >= 0.6 is 22.7 Å². The molecule has 154 valence electrons. The summed E-state index contributed by atoms with van der Waals surface area (Å²) < 4.78 is 2.05. The number of nitrogens with two attached hydrogens (primary N) is 1. The molecule has 5 rings (SSSR count). The highest BCUT2D eigenvalue weighted by Crippen LogP contribution is 2.36. The van der Waals surface area contributed by atoms with Gasteiger partial charge in [-0.15, -0.1) is 11.3 Å². The number of para-hydroxylation sites is 2. The number of thiophene rings is 1. The monoisotopic (exact) mass is 446 g/mol.